The molecule has 104 valence electrons. The number of rotatable bonds is 4. The molecule has 1 fully saturated rings. The number of fused-ring (bicyclic) bond motifs is 1. The van der Waals surface area contributed by atoms with E-state index in [0.717, 1.165) is 29.4 Å². The first-order valence-corrected chi connectivity index (χ1v) is 6.79. The molecule has 1 aromatic heterocycles. The van der Waals surface area contributed by atoms with Crippen LogP contribution in [0.25, 0.3) is 10.9 Å². The molecule has 0 aliphatic heterocycles. The number of amides is 1. The summed E-state index contributed by atoms with van der Waals surface area (Å²) in [6.45, 7) is 0.338. The van der Waals surface area contributed by atoms with Crippen LogP contribution in [0.15, 0.2) is 30.5 Å². The largest absolute Gasteiger partial charge is 0.397 e. The van der Waals surface area contributed by atoms with Crippen LogP contribution in [0.5, 0.6) is 0 Å². The van der Waals surface area contributed by atoms with Gasteiger partial charge in [-0.25, -0.2) is 0 Å². The summed E-state index contributed by atoms with van der Waals surface area (Å²) >= 11 is 0. The monoisotopic (exact) mass is 270 g/mol. The fourth-order valence-electron chi connectivity index (χ4n) is 2.32. The average Bonchev–Trinajstić information content (AvgIpc) is 3.22. The van der Waals surface area contributed by atoms with Gasteiger partial charge in [-0.05, 0) is 25.0 Å². The van der Waals surface area contributed by atoms with E-state index in [1.165, 1.54) is 0 Å². The van der Waals surface area contributed by atoms with Crippen molar-refractivity contribution in [2.24, 2.45) is 0 Å². The van der Waals surface area contributed by atoms with Gasteiger partial charge in [0.2, 0.25) is 5.91 Å². The van der Waals surface area contributed by atoms with Gasteiger partial charge in [0.1, 0.15) is 0 Å². The number of para-hydroxylation sites is 1. The predicted octanol–water partition coefficient (Wildman–Crippen LogP) is 1.53. The molecule has 1 saturated carbocycles. The molecule has 0 spiro atoms. The van der Waals surface area contributed by atoms with Crippen LogP contribution >= 0.6 is 0 Å². The molecule has 3 N–H and O–H groups in total. The van der Waals surface area contributed by atoms with E-state index >= 15 is 0 Å². The summed E-state index contributed by atoms with van der Waals surface area (Å²) in [4.78, 5) is 18.1. The van der Waals surface area contributed by atoms with E-state index in [0.29, 0.717) is 18.3 Å². The van der Waals surface area contributed by atoms with Crippen molar-refractivity contribution in [3.63, 3.8) is 0 Å². The standard InChI is InChI=1S/C15H18N4O/c1-19(9-14(20)18-10-5-6-10)13-7-8-17-15-11(13)3-2-4-12(15)16/h2-4,7-8,10H,5-6,9,16H2,1H3,(H,18,20). The van der Waals surface area contributed by atoms with Gasteiger partial charge in [0, 0.05) is 30.4 Å². The highest BCUT2D eigenvalue weighted by molar-refractivity contribution is 5.98. The SMILES string of the molecule is CN(CC(=O)NC1CC1)c1ccnc2c(N)cccc12. The Morgan fingerprint density at radius 3 is 3.00 bits per heavy atom. The zero-order chi connectivity index (χ0) is 14.1. The number of nitrogens with zero attached hydrogens (tertiary/aromatic N) is 2. The number of carbonyl (C=O) groups excluding carboxylic acids is 1. The van der Waals surface area contributed by atoms with Crippen LogP contribution in [0.2, 0.25) is 0 Å². The van der Waals surface area contributed by atoms with Crippen molar-refractivity contribution in [1.82, 2.24) is 10.3 Å². The number of anilines is 2. The Bertz CT molecular complexity index is 651. The second-order valence-electron chi connectivity index (χ2n) is 5.27. The van der Waals surface area contributed by atoms with Crippen molar-refractivity contribution in [2.75, 3.05) is 24.2 Å². The van der Waals surface area contributed by atoms with Gasteiger partial charge in [-0.2, -0.15) is 0 Å². The number of nitrogens with two attached hydrogens (primary N) is 1. The fourth-order valence-corrected chi connectivity index (χ4v) is 2.32. The predicted molar refractivity (Wildman–Crippen MR) is 80.6 cm³/mol. The van der Waals surface area contributed by atoms with Crippen LogP contribution in [0, 0.1) is 0 Å². The molecule has 1 amide bonds. The summed E-state index contributed by atoms with van der Waals surface area (Å²) in [7, 11) is 1.91. The van der Waals surface area contributed by atoms with E-state index in [1.54, 1.807) is 6.20 Å². The van der Waals surface area contributed by atoms with Crippen molar-refractivity contribution in [2.45, 2.75) is 18.9 Å². The van der Waals surface area contributed by atoms with E-state index in [-0.39, 0.29) is 5.91 Å². The number of likely N-dealkylation sites (N-methyl/N-ethyl adjacent to an activating group) is 1. The first-order chi connectivity index (χ1) is 9.65. The minimum absolute atomic E-state index is 0.0591. The normalized spacial score (nSPS) is 14.2. The maximum absolute atomic E-state index is 11.9. The number of hydrogen-bond donors (Lipinski definition) is 2. The second-order valence-corrected chi connectivity index (χ2v) is 5.27. The molecule has 1 aromatic carbocycles. The molecular weight excluding hydrogens is 252 g/mol. The Balaban J connectivity index is 1.85. The van der Waals surface area contributed by atoms with Crippen LogP contribution in [-0.4, -0.2) is 30.5 Å². The van der Waals surface area contributed by atoms with Crippen LogP contribution in [0.1, 0.15) is 12.8 Å². The molecule has 1 aliphatic carbocycles. The molecule has 3 rings (SSSR count). The maximum atomic E-state index is 11.9. The summed E-state index contributed by atoms with van der Waals surface area (Å²) in [5.41, 5.74) is 8.34. The Labute approximate surface area is 117 Å². The van der Waals surface area contributed by atoms with Crippen LogP contribution in [-0.2, 0) is 4.79 Å². The van der Waals surface area contributed by atoms with Gasteiger partial charge in [0.05, 0.1) is 17.7 Å². The lowest BCUT2D eigenvalue weighted by Crippen LogP contribution is -2.36. The van der Waals surface area contributed by atoms with Gasteiger partial charge in [0.25, 0.3) is 0 Å². The number of benzene rings is 1. The minimum atomic E-state index is 0.0591. The molecule has 2 aromatic rings. The fraction of sp³-hybridized carbons (Fsp3) is 0.333. The van der Waals surface area contributed by atoms with E-state index in [1.807, 2.05) is 36.2 Å². The van der Waals surface area contributed by atoms with Crippen LogP contribution < -0.4 is 16.0 Å². The number of nitrogens with one attached hydrogen (secondary N) is 1. The lowest BCUT2D eigenvalue weighted by Gasteiger charge is -2.20. The van der Waals surface area contributed by atoms with E-state index in [4.69, 9.17) is 5.73 Å². The van der Waals surface area contributed by atoms with Gasteiger partial charge in [-0.1, -0.05) is 12.1 Å². The Morgan fingerprint density at radius 1 is 1.45 bits per heavy atom. The molecule has 1 heterocycles. The smallest absolute Gasteiger partial charge is 0.239 e. The number of pyridine rings is 1. The zero-order valence-corrected chi connectivity index (χ0v) is 11.5. The summed E-state index contributed by atoms with van der Waals surface area (Å²) in [6.07, 6.45) is 3.93. The van der Waals surface area contributed by atoms with Crippen molar-refractivity contribution < 1.29 is 4.79 Å². The van der Waals surface area contributed by atoms with Gasteiger partial charge in [-0.15, -0.1) is 0 Å². The first-order valence-electron chi connectivity index (χ1n) is 6.79. The Kier molecular flexibility index (Phi) is 3.18. The number of carbonyl (C=O) groups is 1. The molecule has 0 radical (unpaired) electrons. The molecule has 0 unspecified atom stereocenters. The summed E-state index contributed by atoms with van der Waals surface area (Å²) in [6, 6.07) is 8.01. The highest BCUT2D eigenvalue weighted by atomic mass is 16.2. The third-order valence-corrected chi connectivity index (χ3v) is 3.51. The molecule has 20 heavy (non-hydrogen) atoms. The van der Waals surface area contributed by atoms with E-state index in [2.05, 4.69) is 10.3 Å². The summed E-state index contributed by atoms with van der Waals surface area (Å²) in [5.74, 6) is 0.0591. The van der Waals surface area contributed by atoms with Gasteiger partial charge in [0.15, 0.2) is 0 Å². The zero-order valence-electron chi connectivity index (χ0n) is 11.5. The number of aromatic nitrogens is 1. The van der Waals surface area contributed by atoms with E-state index < -0.39 is 0 Å². The van der Waals surface area contributed by atoms with Crippen molar-refractivity contribution >= 4 is 28.2 Å². The second kappa shape index (κ2) is 5.00. The molecule has 5 heteroatoms. The Hall–Kier alpha value is -2.30. The molecular formula is C15H18N4O. The third kappa shape index (κ3) is 2.52. The number of nitrogen functional groups attached to an aromatic ring is 1. The van der Waals surface area contributed by atoms with E-state index in [9.17, 15) is 4.79 Å². The molecule has 0 saturated heterocycles. The quantitative estimate of drug-likeness (QED) is 0.827. The van der Waals surface area contributed by atoms with Crippen LogP contribution in [0.3, 0.4) is 0 Å². The van der Waals surface area contributed by atoms with Crippen LogP contribution in [0.4, 0.5) is 11.4 Å². The third-order valence-electron chi connectivity index (χ3n) is 3.51. The maximum Gasteiger partial charge on any atom is 0.239 e. The summed E-state index contributed by atoms with van der Waals surface area (Å²) < 4.78 is 0. The molecule has 1 aliphatic rings. The first kappa shape index (κ1) is 12.7. The Morgan fingerprint density at radius 2 is 2.25 bits per heavy atom. The van der Waals surface area contributed by atoms with Gasteiger partial charge < -0.3 is 16.0 Å². The lowest BCUT2D eigenvalue weighted by atomic mass is 10.1. The molecule has 0 atom stereocenters. The van der Waals surface area contributed by atoms with Crippen molar-refractivity contribution in [1.29, 1.82) is 0 Å². The topological polar surface area (TPSA) is 71.2 Å². The average molecular weight is 270 g/mol. The highest BCUT2D eigenvalue weighted by Crippen LogP contribution is 2.27. The summed E-state index contributed by atoms with van der Waals surface area (Å²) in [5, 5.41) is 3.96. The molecule has 5 nitrogen and oxygen atoms in total. The lowest BCUT2D eigenvalue weighted by molar-refractivity contribution is -0.119. The van der Waals surface area contributed by atoms with Gasteiger partial charge in [-0.3, -0.25) is 9.78 Å². The number of hydrogen-bond acceptors (Lipinski definition) is 4. The molecule has 0 bridgehead atoms. The van der Waals surface area contributed by atoms with Crippen molar-refractivity contribution in [3.05, 3.63) is 30.5 Å². The van der Waals surface area contributed by atoms with Gasteiger partial charge >= 0.3 is 0 Å². The highest BCUT2D eigenvalue weighted by Gasteiger charge is 2.23. The van der Waals surface area contributed by atoms with Crippen molar-refractivity contribution in [3.8, 4) is 0 Å². The minimum Gasteiger partial charge on any atom is -0.397 e.